The zero-order valence-electron chi connectivity index (χ0n) is 13.4. The fourth-order valence-corrected chi connectivity index (χ4v) is 2.95. The van der Waals surface area contributed by atoms with Crippen molar-refractivity contribution in [3.63, 3.8) is 0 Å². The van der Waals surface area contributed by atoms with Crippen molar-refractivity contribution in [1.82, 2.24) is 10.2 Å². The van der Waals surface area contributed by atoms with Crippen molar-refractivity contribution in [2.24, 2.45) is 0 Å². The lowest BCUT2D eigenvalue weighted by Crippen LogP contribution is -2.06. The quantitative estimate of drug-likeness (QED) is 0.461. The van der Waals surface area contributed by atoms with Crippen molar-refractivity contribution < 1.29 is 35.8 Å². The zero-order chi connectivity index (χ0) is 20.6. The summed E-state index contributed by atoms with van der Waals surface area (Å²) in [6.45, 7) is 0. The van der Waals surface area contributed by atoms with Gasteiger partial charge in [-0.3, -0.25) is 0 Å². The molecule has 0 amide bonds. The maximum absolute atomic E-state index is 13.8. The average molecular weight is 423 g/mol. The van der Waals surface area contributed by atoms with Crippen LogP contribution < -0.4 is 5.32 Å². The van der Waals surface area contributed by atoms with Gasteiger partial charge in [-0.15, -0.1) is 10.2 Å². The second kappa shape index (κ2) is 7.36. The fraction of sp³-hybridized carbons (Fsp3) is 0.125. The van der Waals surface area contributed by atoms with E-state index >= 15 is 0 Å². The highest BCUT2D eigenvalue weighted by Gasteiger charge is 2.31. The molecule has 0 spiro atoms. The van der Waals surface area contributed by atoms with Crippen molar-refractivity contribution in [2.45, 2.75) is 12.3 Å². The van der Waals surface area contributed by atoms with Crippen LogP contribution in [-0.2, 0) is 6.18 Å². The lowest BCUT2D eigenvalue weighted by atomic mass is 10.1. The minimum Gasteiger partial charge on any atom is -0.381 e. The van der Waals surface area contributed by atoms with E-state index in [-0.39, 0.29) is 15.7 Å². The van der Waals surface area contributed by atoms with Crippen LogP contribution in [0.2, 0.25) is 0 Å². The summed E-state index contributed by atoms with van der Waals surface area (Å²) in [4.78, 5) is 0. The van der Waals surface area contributed by atoms with Crippen LogP contribution in [0.1, 0.15) is 22.2 Å². The molecule has 2 aromatic carbocycles. The van der Waals surface area contributed by atoms with Crippen LogP contribution in [0.3, 0.4) is 0 Å². The largest absolute Gasteiger partial charge is 0.416 e. The summed E-state index contributed by atoms with van der Waals surface area (Å²) in [5.74, 6) is -5.76. The molecule has 3 rings (SSSR count). The normalized spacial score (nSPS) is 12.9. The Morgan fingerprint density at radius 2 is 1.57 bits per heavy atom. The van der Waals surface area contributed by atoms with Crippen LogP contribution >= 0.6 is 11.3 Å². The summed E-state index contributed by atoms with van der Waals surface area (Å²) in [6.07, 6.45) is -6.38. The lowest BCUT2D eigenvalue weighted by Gasteiger charge is -2.10. The minimum absolute atomic E-state index is 0.185. The van der Waals surface area contributed by atoms with Crippen molar-refractivity contribution >= 4 is 22.2 Å². The summed E-state index contributed by atoms with van der Waals surface area (Å²) in [5, 5.41) is 19.1. The van der Waals surface area contributed by atoms with Crippen molar-refractivity contribution in [1.29, 1.82) is 0 Å². The number of halogens is 7. The van der Waals surface area contributed by atoms with Crippen molar-refractivity contribution in [2.75, 3.05) is 5.32 Å². The first-order chi connectivity index (χ1) is 13.1. The van der Waals surface area contributed by atoms with Gasteiger partial charge in [0.25, 0.3) is 0 Å². The van der Waals surface area contributed by atoms with Gasteiger partial charge in [0.15, 0.2) is 22.5 Å². The molecular formula is C16H8F7N3OS. The summed E-state index contributed by atoms with van der Waals surface area (Å²) in [7, 11) is 0. The topological polar surface area (TPSA) is 58.0 Å². The number of nitrogens with zero attached hydrogens (tertiary/aromatic N) is 2. The standard InChI is InChI=1S/C16H8F7N3OS/c17-8-2-1-7(16(21,22)23)5-11(8)24-15-26-25-14(28-15)13(27)6-3-9(18)12(20)10(19)4-6/h1-5,13,27H,(H,24,26). The van der Waals surface area contributed by atoms with Gasteiger partial charge < -0.3 is 10.4 Å². The van der Waals surface area contributed by atoms with Crippen LogP contribution in [0.15, 0.2) is 30.3 Å². The zero-order valence-corrected chi connectivity index (χ0v) is 14.2. The Kier molecular flexibility index (Phi) is 5.26. The van der Waals surface area contributed by atoms with E-state index in [0.717, 1.165) is 0 Å². The fourth-order valence-electron chi connectivity index (χ4n) is 2.18. The van der Waals surface area contributed by atoms with Gasteiger partial charge in [0, 0.05) is 0 Å². The first-order valence-corrected chi connectivity index (χ1v) is 8.17. The van der Waals surface area contributed by atoms with Gasteiger partial charge in [-0.05, 0) is 35.9 Å². The average Bonchev–Trinajstić information content (AvgIpc) is 3.08. The van der Waals surface area contributed by atoms with E-state index in [1.54, 1.807) is 0 Å². The van der Waals surface area contributed by atoms with E-state index in [9.17, 15) is 35.8 Å². The first kappa shape index (κ1) is 20.0. The number of rotatable bonds is 4. The highest BCUT2D eigenvalue weighted by atomic mass is 32.1. The summed E-state index contributed by atoms with van der Waals surface area (Å²) < 4.78 is 91.5. The summed E-state index contributed by atoms with van der Waals surface area (Å²) in [6, 6.07) is 2.82. The molecule has 0 aliphatic rings. The highest BCUT2D eigenvalue weighted by Crippen LogP contribution is 2.34. The monoisotopic (exact) mass is 423 g/mol. The second-order valence-corrected chi connectivity index (χ2v) is 6.47. The van der Waals surface area contributed by atoms with Crippen molar-refractivity contribution in [3.05, 3.63) is 69.7 Å². The molecule has 0 radical (unpaired) electrons. The summed E-state index contributed by atoms with van der Waals surface area (Å²) in [5.41, 5.74) is -1.99. The van der Waals surface area contributed by atoms with Crippen LogP contribution in [0.4, 0.5) is 41.6 Å². The van der Waals surface area contributed by atoms with Crippen LogP contribution in [0, 0.1) is 23.3 Å². The molecular weight excluding hydrogens is 415 g/mol. The molecule has 0 aliphatic heterocycles. The third-order valence-corrected chi connectivity index (χ3v) is 4.42. The molecule has 12 heteroatoms. The van der Waals surface area contributed by atoms with Gasteiger partial charge >= 0.3 is 6.18 Å². The molecule has 4 nitrogen and oxygen atoms in total. The number of aliphatic hydroxyl groups excluding tert-OH is 1. The number of hydrogen-bond donors (Lipinski definition) is 2. The van der Waals surface area contributed by atoms with E-state index in [1.165, 1.54) is 0 Å². The van der Waals surface area contributed by atoms with E-state index in [1.807, 2.05) is 0 Å². The van der Waals surface area contributed by atoms with E-state index in [4.69, 9.17) is 0 Å². The maximum Gasteiger partial charge on any atom is 0.416 e. The predicted molar refractivity (Wildman–Crippen MR) is 85.0 cm³/mol. The van der Waals surface area contributed by atoms with Gasteiger partial charge in [0.05, 0.1) is 11.3 Å². The molecule has 3 aromatic rings. The number of alkyl halides is 3. The molecule has 1 unspecified atom stereocenters. The second-order valence-electron chi connectivity index (χ2n) is 5.46. The van der Waals surface area contributed by atoms with E-state index in [0.29, 0.717) is 41.7 Å². The number of nitrogens with one attached hydrogen (secondary N) is 1. The van der Waals surface area contributed by atoms with Crippen LogP contribution in [0.5, 0.6) is 0 Å². The number of aliphatic hydroxyl groups is 1. The molecule has 1 aromatic heterocycles. The third kappa shape index (κ3) is 4.07. The Hall–Kier alpha value is -2.73. The molecule has 148 valence electrons. The smallest absolute Gasteiger partial charge is 0.381 e. The Balaban J connectivity index is 1.85. The molecule has 0 bridgehead atoms. The number of hydrogen-bond acceptors (Lipinski definition) is 5. The molecule has 2 N–H and O–H groups in total. The van der Waals surface area contributed by atoms with Gasteiger partial charge in [0.2, 0.25) is 5.13 Å². The van der Waals surface area contributed by atoms with Crippen molar-refractivity contribution in [3.8, 4) is 0 Å². The van der Waals surface area contributed by atoms with Gasteiger partial charge in [-0.1, -0.05) is 11.3 Å². The Morgan fingerprint density at radius 3 is 2.18 bits per heavy atom. The highest BCUT2D eigenvalue weighted by molar-refractivity contribution is 7.15. The van der Waals surface area contributed by atoms with Gasteiger partial charge in [-0.2, -0.15) is 13.2 Å². The number of benzene rings is 2. The third-order valence-electron chi connectivity index (χ3n) is 3.53. The molecule has 1 heterocycles. The first-order valence-electron chi connectivity index (χ1n) is 7.36. The molecule has 0 fully saturated rings. The SMILES string of the molecule is OC(c1cc(F)c(F)c(F)c1)c1nnc(Nc2cc(C(F)(F)F)ccc2F)s1. The Labute approximate surface area is 156 Å². The lowest BCUT2D eigenvalue weighted by molar-refractivity contribution is -0.137. The predicted octanol–water partition coefficient (Wildman–Crippen LogP) is 4.94. The molecule has 28 heavy (non-hydrogen) atoms. The Bertz CT molecular complexity index is 999. The van der Waals surface area contributed by atoms with Crippen LogP contribution in [-0.4, -0.2) is 15.3 Å². The van der Waals surface area contributed by atoms with Crippen LogP contribution in [0.25, 0.3) is 0 Å². The molecule has 1 atom stereocenters. The number of anilines is 2. The minimum atomic E-state index is -4.69. The summed E-state index contributed by atoms with van der Waals surface area (Å²) >= 11 is 0.599. The van der Waals surface area contributed by atoms with E-state index in [2.05, 4.69) is 15.5 Å². The number of aromatic nitrogens is 2. The van der Waals surface area contributed by atoms with Gasteiger partial charge in [0.1, 0.15) is 11.9 Å². The maximum atomic E-state index is 13.8. The molecule has 0 aliphatic carbocycles. The molecule has 0 saturated carbocycles. The van der Waals surface area contributed by atoms with E-state index < -0.39 is 46.8 Å². The van der Waals surface area contributed by atoms with Gasteiger partial charge in [-0.25, -0.2) is 17.6 Å². The Morgan fingerprint density at radius 1 is 0.929 bits per heavy atom. The molecule has 0 saturated heterocycles.